The number of nitrogens with two attached hydrogens (primary N) is 1. The largest absolute Gasteiger partial charge is 0.504 e. The van der Waals surface area contributed by atoms with Crippen molar-refractivity contribution in [3.63, 3.8) is 0 Å². The summed E-state index contributed by atoms with van der Waals surface area (Å²) in [7, 11) is 1.33. The Hall–Kier alpha value is -1.00. The minimum absolute atomic E-state index is 0.0168. The summed E-state index contributed by atoms with van der Waals surface area (Å²) < 4.78 is 18.5. The highest BCUT2D eigenvalue weighted by Crippen LogP contribution is 2.50. The van der Waals surface area contributed by atoms with Crippen LogP contribution < -0.4 is 10.5 Å². The molecule has 15 heavy (non-hydrogen) atoms. The number of rotatable bonds is 2. The van der Waals surface area contributed by atoms with Crippen molar-refractivity contribution in [2.24, 2.45) is 5.73 Å². The molecule has 0 aliphatic heterocycles. The summed E-state index contributed by atoms with van der Waals surface area (Å²) in [4.78, 5) is 0. The van der Waals surface area contributed by atoms with E-state index >= 15 is 0 Å². The van der Waals surface area contributed by atoms with Gasteiger partial charge in [-0.15, -0.1) is 0 Å². The molecule has 1 fully saturated rings. The van der Waals surface area contributed by atoms with Gasteiger partial charge in [-0.05, 0) is 18.9 Å². The molecule has 3 nitrogen and oxygen atoms in total. The van der Waals surface area contributed by atoms with Crippen LogP contribution in [0, 0.1) is 5.82 Å². The van der Waals surface area contributed by atoms with E-state index < -0.39 is 17.1 Å². The van der Waals surface area contributed by atoms with Crippen LogP contribution in [0.1, 0.15) is 18.4 Å². The number of phenols is 1. The third kappa shape index (κ3) is 1.54. The summed E-state index contributed by atoms with van der Waals surface area (Å²) in [6, 6.07) is 1.46. The third-order valence-corrected chi connectivity index (χ3v) is 2.97. The van der Waals surface area contributed by atoms with Gasteiger partial charge < -0.3 is 15.6 Å². The van der Waals surface area contributed by atoms with E-state index in [0.29, 0.717) is 5.56 Å². The molecule has 0 aromatic heterocycles. The molecule has 0 atom stereocenters. The molecule has 1 aliphatic rings. The van der Waals surface area contributed by atoms with Crippen molar-refractivity contribution in [2.45, 2.75) is 18.4 Å². The van der Waals surface area contributed by atoms with Gasteiger partial charge in [-0.1, -0.05) is 11.6 Å². The molecule has 82 valence electrons. The number of aromatic hydroxyl groups is 1. The average Bonchev–Trinajstić information content (AvgIpc) is 2.94. The normalized spacial score (nSPS) is 17.6. The Balaban J connectivity index is 2.63. The Morgan fingerprint density at radius 3 is 2.67 bits per heavy atom. The highest BCUT2D eigenvalue weighted by Gasteiger charge is 2.43. The Morgan fingerprint density at radius 1 is 1.60 bits per heavy atom. The molecule has 1 aromatic carbocycles. The fraction of sp³-hybridized carbons (Fsp3) is 0.400. The van der Waals surface area contributed by atoms with Gasteiger partial charge in [0.2, 0.25) is 5.82 Å². The maximum absolute atomic E-state index is 13.6. The molecule has 0 spiro atoms. The van der Waals surface area contributed by atoms with Gasteiger partial charge in [0.1, 0.15) is 0 Å². The summed E-state index contributed by atoms with van der Waals surface area (Å²) in [5.41, 5.74) is 5.91. The standard InChI is InChI=1S/C10H11ClFNO2/c1-15-9-5(10(13)2-3-10)4-6(11)8(14)7(9)12/h4,14H,2-3,13H2,1H3. The van der Waals surface area contributed by atoms with Crippen LogP contribution in [0.15, 0.2) is 6.07 Å². The average molecular weight is 232 g/mol. The van der Waals surface area contributed by atoms with Gasteiger partial charge in [0, 0.05) is 11.1 Å². The Labute approximate surface area is 91.6 Å². The minimum atomic E-state index is -0.850. The Bertz CT molecular complexity index is 418. The SMILES string of the molecule is COc1c(C2(N)CC2)cc(Cl)c(O)c1F. The smallest absolute Gasteiger partial charge is 0.208 e. The molecule has 1 saturated carbocycles. The second kappa shape index (κ2) is 3.25. The van der Waals surface area contributed by atoms with Crippen molar-refractivity contribution >= 4 is 11.6 Å². The molecule has 0 bridgehead atoms. The zero-order valence-corrected chi connectivity index (χ0v) is 8.94. The number of ether oxygens (including phenoxy) is 1. The monoisotopic (exact) mass is 231 g/mol. The van der Waals surface area contributed by atoms with E-state index in [1.807, 2.05) is 0 Å². The number of hydrogen-bond acceptors (Lipinski definition) is 3. The van der Waals surface area contributed by atoms with E-state index in [1.54, 1.807) is 0 Å². The first-order valence-electron chi connectivity index (χ1n) is 4.54. The van der Waals surface area contributed by atoms with Crippen LogP contribution in [-0.2, 0) is 5.54 Å². The van der Waals surface area contributed by atoms with Crippen LogP contribution in [0.5, 0.6) is 11.5 Å². The van der Waals surface area contributed by atoms with Crippen LogP contribution in [0.2, 0.25) is 5.02 Å². The van der Waals surface area contributed by atoms with Gasteiger partial charge in [0.25, 0.3) is 0 Å². The van der Waals surface area contributed by atoms with E-state index in [0.717, 1.165) is 12.8 Å². The number of methoxy groups -OCH3 is 1. The first kappa shape index (κ1) is 10.5. The molecule has 0 unspecified atom stereocenters. The zero-order chi connectivity index (χ0) is 11.2. The van der Waals surface area contributed by atoms with Gasteiger partial charge in [-0.3, -0.25) is 0 Å². The van der Waals surface area contributed by atoms with Crippen LogP contribution in [0.4, 0.5) is 4.39 Å². The van der Waals surface area contributed by atoms with Crippen molar-refractivity contribution in [3.05, 3.63) is 22.5 Å². The molecule has 0 amide bonds. The number of halogens is 2. The van der Waals surface area contributed by atoms with E-state index in [1.165, 1.54) is 13.2 Å². The van der Waals surface area contributed by atoms with Gasteiger partial charge >= 0.3 is 0 Å². The molecule has 1 aliphatic carbocycles. The van der Waals surface area contributed by atoms with E-state index in [2.05, 4.69) is 0 Å². The van der Waals surface area contributed by atoms with Gasteiger partial charge in [-0.2, -0.15) is 4.39 Å². The molecular formula is C10H11ClFNO2. The lowest BCUT2D eigenvalue weighted by Gasteiger charge is -2.16. The van der Waals surface area contributed by atoms with Crippen LogP contribution in [-0.4, -0.2) is 12.2 Å². The maximum Gasteiger partial charge on any atom is 0.208 e. The number of benzene rings is 1. The van der Waals surface area contributed by atoms with Crippen molar-refractivity contribution in [3.8, 4) is 11.5 Å². The van der Waals surface area contributed by atoms with E-state index in [4.69, 9.17) is 22.1 Å². The molecule has 2 rings (SSSR count). The topological polar surface area (TPSA) is 55.5 Å². The molecule has 3 N–H and O–H groups in total. The second-order valence-electron chi connectivity index (χ2n) is 3.76. The molecule has 0 heterocycles. The maximum atomic E-state index is 13.6. The molecule has 5 heteroatoms. The molecule has 0 radical (unpaired) electrons. The summed E-state index contributed by atoms with van der Waals surface area (Å²) >= 11 is 5.68. The molecule has 0 saturated heterocycles. The summed E-state index contributed by atoms with van der Waals surface area (Å²) in [6.45, 7) is 0. The van der Waals surface area contributed by atoms with Crippen molar-refractivity contribution in [1.82, 2.24) is 0 Å². The van der Waals surface area contributed by atoms with Crippen molar-refractivity contribution < 1.29 is 14.2 Å². The van der Waals surface area contributed by atoms with Crippen molar-refractivity contribution in [2.75, 3.05) is 7.11 Å². The van der Waals surface area contributed by atoms with E-state index in [-0.39, 0.29) is 10.8 Å². The second-order valence-corrected chi connectivity index (χ2v) is 4.17. The van der Waals surface area contributed by atoms with Gasteiger partial charge in [0.05, 0.1) is 12.1 Å². The van der Waals surface area contributed by atoms with Crippen LogP contribution in [0.25, 0.3) is 0 Å². The fourth-order valence-corrected chi connectivity index (χ4v) is 1.76. The number of hydrogen-bond donors (Lipinski definition) is 2. The van der Waals surface area contributed by atoms with Crippen LogP contribution in [0.3, 0.4) is 0 Å². The molecular weight excluding hydrogens is 221 g/mol. The predicted octanol–water partition coefficient (Wildman–Crippen LogP) is 2.14. The lowest BCUT2D eigenvalue weighted by molar-refractivity contribution is 0.356. The predicted molar refractivity (Wildman–Crippen MR) is 54.7 cm³/mol. The van der Waals surface area contributed by atoms with E-state index in [9.17, 15) is 9.50 Å². The number of phenolic OH excluding ortho intramolecular Hbond substituents is 1. The van der Waals surface area contributed by atoms with Gasteiger partial charge in [-0.25, -0.2) is 0 Å². The third-order valence-electron chi connectivity index (χ3n) is 2.68. The summed E-state index contributed by atoms with van der Waals surface area (Å²) in [5, 5.41) is 9.26. The quantitative estimate of drug-likeness (QED) is 0.820. The van der Waals surface area contributed by atoms with Gasteiger partial charge in [0.15, 0.2) is 11.5 Å². The molecule has 1 aromatic rings. The first-order chi connectivity index (χ1) is 6.99. The van der Waals surface area contributed by atoms with Crippen molar-refractivity contribution in [1.29, 1.82) is 0 Å². The minimum Gasteiger partial charge on any atom is -0.504 e. The van der Waals surface area contributed by atoms with Crippen LogP contribution >= 0.6 is 11.6 Å². The Kier molecular flexibility index (Phi) is 2.28. The zero-order valence-electron chi connectivity index (χ0n) is 8.18. The fourth-order valence-electron chi connectivity index (χ4n) is 1.56. The highest BCUT2D eigenvalue weighted by atomic mass is 35.5. The Morgan fingerprint density at radius 2 is 2.20 bits per heavy atom. The lowest BCUT2D eigenvalue weighted by atomic mass is 10.0. The summed E-state index contributed by atoms with van der Waals surface area (Å²) in [6.07, 6.45) is 1.54. The first-order valence-corrected chi connectivity index (χ1v) is 4.92. The summed E-state index contributed by atoms with van der Waals surface area (Å²) in [5.74, 6) is -1.46. The highest BCUT2D eigenvalue weighted by molar-refractivity contribution is 6.32. The lowest BCUT2D eigenvalue weighted by Crippen LogP contribution is -2.20.